The molecule has 96 valence electrons. The van der Waals surface area contributed by atoms with E-state index < -0.39 is 6.17 Å². The van der Waals surface area contributed by atoms with Crippen LogP contribution >= 0.6 is 11.3 Å². The lowest BCUT2D eigenvalue weighted by molar-refractivity contribution is 0.178. The molecule has 4 nitrogen and oxygen atoms in total. The average Bonchev–Trinajstić information content (AvgIpc) is 3.00. The molecule has 0 saturated carbocycles. The highest BCUT2D eigenvalue weighted by Gasteiger charge is 2.26. The summed E-state index contributed by atoms with van der Waals surface area (Å²) in [7, 11) is 0. The van der Waals surface area contributed by atoms with Gasteiger partial charge in [0.2, 0.25) is 12.1 Å². The summed E-state index contributed by atoms with van der Waals surface area (Å²) in [5.41, 5.74) is 2.74. The minimum absolute atomic E-state index is 0.103. The van der Waals surface area contributed by atoms with Crippen LogP contribution in [0.2, 0.25) is 0 Å². The fourth-order valence-corrected chi connectivity index (χ4v) is 2.04. The number of thiazole rings is 1. The molecule has 1 N–H and O–H groups in total. The quantitative estimate of drug-likeness (QED) is 0.907. The Kier molecular flexibility index (Phi) is 5.34. The van der Waals surface area contributed by atoms with Gasteiger partial charge in [-0.05, 0) is 13.3 Å². The molecule has 0 aromatic carbocycles. The van der Waals surface area contributed by atoms with Crippen LogP contribution in [-0.2, 0) is 11.2 Å². The highest BCUT2D eigenvalue weighted by molar-refractivity contribution is 7.11. The van der Waals surface area contributed by atoms with E-state index in [9.17, 15) is 4.39 Å². The van der Waals surface area contributed by atoms with E-state index >= 15 is 0 Å². The SMILES string of the molecule is CC.CCc1ncc(C2NN=C(C(C)F)O2)s1. The number of alkyl halides is 1. The van der Waals surface area contributed by atoms with Gasteiger partial charge in [-0.2, -0.15) is 0 Å². The van der Waals surface area contributed by atoms with E-state index in [0.717, 1.165) is 16.3 Å². The molecule has 2 rings (SSSR count). The number of aryl methyl sites for hydroxylation is 1. The van der Waals surface area contributed by atoms with Crippen molar-refractivity contribution in [2.75, 3.05) is 0 Å². The van der Waals surface area contributed by atoms with Gasteiger partial charge in [0.15, 0.2) is 6.17 Å². The maximum absolute atomic E-state index is 12.9. The van der Waals surface area contributed by atoms with Gasteiger partial charge >= 0.3 is 0 Å². The van der Waals surface area contributed by atoms with Gasteiger partial charge in [-0.25, -0.2) is 9.37 Å². The predicted molar refractivity (Wildman–Crippen MR) is 67.8 cm³/mol. The Morgan fingerprint density at radius 3 is 2.76 bits per heavy atom. The third-order valence-electron chi connectivity index (χ3n) is 2.00. The van der Waals surface area contributed by atoms with Crippen molar-refractivity contribution in [3.63, 3.8) is 0 Å². The van der Waals surface area contributed by atoms with Crippen molar-refractivity contribution in [1.82, 2.24) is 10.4 Å². The highest BCUT2D eigenvalue weighted by Crippen LogP contribution is 2.25. The van der Waals surface area contributed by atoms with Crippen LogP contribution in [0.15, 0.2) is 11.3 Å². The highest BCUT2D eigenvalue weighted by atomic mass is 32.1. The molecule has 17 heavy (non-hydrogen) atoms. The fourth-order valence-electron chi connectivity index (χ4n) is 1.21. The van der Waals surface area contributed by atoms with Gasteiger partial charge in [-0.15, -0.1) is 16.4 Å². The van der Waals surface area contributed by atoms with Gasteiger partial charge in [-0.1, -0.05) is 20.8 Å². The second kappa shape index (κ2) is 6.54. The molecule has 0 fully saturated rings. The van der Waals surface area contributed by atoms with Crippen LogP contribution in [0.4, 0.5) is 4.39 Å². The molecule has 0 bridgehead atoms. The minimum atomic E-state index is -1.18. The van der Waals surface area contributed by atoms with E-state index in [4.69, 9.17) is 4.74 Å². The van der Waals surface area contributed by atoms with Crippen LogP contribution in [0, 0.1) is 0 Å². The van der Waals surface area contributed by atoms with Crippen LogP contribution in [-0.4, -0.2) is 17.1 Å². The Labute approximate surface area is 105 Å². The topological polar surface area (TPSA) is 46.5 Å². The molecule has 0 amide bonds. The number of hydrogen-bond donors (Lipinski definition) is 1. The van der Waals surface area contributed by atoms with Crippen LogP contribution in [0.3, 0.4) is 0 Å². The number of ether oxygens (including phenoxy) is 1. The molecule has 1 aliphatic rings. The number of halogens is 1. The molecule has 1 aromatic heterocycles. The summed E-state index contributed by atoms with van der Waals surface area (Å²) < 4.78 is 18.2. The van der Waals surface area contributed by atoms with Gasteiger partial charge in [0.05, 0.1) is 9.88 Å². The van der Waals surface area contributed by atoms with E-state index in [2.05, 4.69) is 15.5 Å². The van der Waals surface area contributed by atoms with E-state index in [0.29, 0.717) is 0 Å². The Bertz CT molecular complexity index is 379. The first-order valence-corrected chi connectivity index (χ1v) is 6.60. The lowest BCUT2D eigenvalue weighted by Gasteiger charge is -2.08. The standard InChI is InChI=1S/C9H12FN3OS.C2H6/c1-3-7-11-4-6(15-7)9-13-12-8(14-9)5(2)10;1-2/h4-5,9,13H,3H2,1-2H3;1-2H3. The van der Waals surface area contributed by atoms with Gasteiger partial charge < -0.3 is 4.74 Å². The zero-order chi connectivity index (χ0) is 12.8. The molecule has 2 atom stereocenters. The Morgan fingerprint density at radius 1 is 1.59 bits per heavy atom. The van der Waals surface area contributed by atoms with Crippen LogP contribution in [0.5, 0.6) is 0 Å². The van der Waals surface area contributed by atoms with Crippen molar-refractivity contribution in [1.29, 1.82) is 0 Å². The fraction of sp³-hybridized carbons (Fsp3) is 0.636. The summed E-state index contributed by atoms with van der Waals surface area (Å²) >= 11 is 1.55. The summed E-state index contributed by atoms with van der Waals surface area (Å²) in [6.45, 7) is 7.43. The summed E-state index contributed by atoms with van der Waals surface area (Å²) in [5.74, 6) is 0.103. The number of hydrogen-bond acceptors (Lipinski definition) is 5. The van der Waals surface area contributed by atoms with E-state index in [1.54, 1.807) is 17.5 Å². The normalized spacial score (nSPS) is 19.6. The maximum Gasteiger partial charge on any atom is 0.242 e. The third-order valence-corrected chi connectivity index (χ3v) is 3.19. The molecule has 0 saturated heterocycles. The van der Waals surface area contributed by atoms with Crippen LogP contribution < -0.4 is 5.43 Å². The number of hydrazone groups is 1. The van der Waals surface area contributed by atoms with Crippen molar-refractivity contribution in [3.05, 3.63) is 16.1 Å². The molecule has 0 aliphatic carbocycles. The Hall–Kier alpha value is -1.17. The molecular formula is C11H18FN3OS. The largest absolute Gasteiger partial charge is 0.447 e. The van der Waals surface area contributed by atoms with Gasteiger partial charge in [-0.3, -0.25) is 5.43 Å². The smallest absolute Gasteiger partial charge is 0.242 e. The van der Waals surface area contributed by atoms with Crippen molar-refractivity contribution >= 4 is 17.2 Å². The van der Waals surface area contributed by atoms with Crippen molar-refractivity contribution in [2.24, 2.45) is 5.10 Å². The number of rotatable bonds is 3. The second-order valence-corrected chi connectivity index (χ2v) is 4.35. The summed E-state index contributed by atoms with van der Waals surface area (Å²) in [4.78, 5) is 5.13. The monoisotopic (exact) mass is 259 g/mol. The molecular weight excluding hydrogens is 241 g/mol. The summed E-state index contributed by atoms with van der Waals surface area (Å²) in [6, 6.07) is 0. The molecule has 0 radical (unpaired) electrons. The zero-order valence-electron chi connectivity index (χ0n) is 10.5. The van der Waals surface area contributed by atoms with E-state index in [1.165, 1.54) is 6.92 Å². The average molecular weight is 259 g/mol. The van der Waals surface area contributed by atoms with Gasteiger partial charge in [0.1, 0.15) is 0 Å². The van der Waals surface area contributed by atoms with Crippen molar-refractivity contribution in [2.45, 2.75) is 46.5 Å². The molecule has 0 spiro atoms. The molecule has 6 heteroatoms. The van der Waals surface area contributed by atoms with Crippen LogP contribution in [0.1, 0.15) is 43.8 Å². The lowest BCUT2D eigenvalue weighted by atomic mass is 10.4. The van der Waals surface area contributed by atoms with Crippen molar-refractivity contribution in [3.8, 4) is 0 Å². The molecule has 1 aliphatic heterocycles. The first-order chi connectivity index (χ1) is 8.20. The van der Waals surface area contributed by atoms with Crippen molar-refractivity contribution < 1.29 is 9.13 Å². The number of nitrogens with zero attached hydrogens (tertiary/aromatic N) is 2. The zero-order valence-corrected chi connectivity index (χ0v) is 11.3. The third kappa shape index (κ3) is 3.39. The second-order valence-electron chi connectivity index (χ2n) is 3.20. The van der Waals surface area contributed by atoms with E-state index in [-0.39, 0.29) is 12.1 Å². The summed E-state index contributed by atoms with van der Waals surface area (Å²) in [5, 5.41) is 4.82. The molecule has 2 unspecified atom stereocenters. The Morgan fingerprint density at radius 2 is 2.29 bits per heavy atom. The maximum atomic E-state index is 12.9. The van der Waals surface area contributed by atoms with Crippen LogP contribution in [0.25, 0.3) is 0 Å². The predicted octanol–water partition coefficient (Wildman–Crippen LogP) is 3.02. The lowest BCUT2D eigenvalue weighted by Crippen LogP contribution is -2.14. The number of nitrogens with one attached hydrogen (secondary N) is 1. The minimum Gasteiger partial charge on any atom is -0.447 e. The first-order valence-electron chi connectivity index (χ1n) is 5.79. The van der Waals surface area contributed by atoms with E-state index in [1.807, 2.05) is 20.8 Å². The Balaban J connectivity index is 0.000000686. The first kappa shape index (κ1) is 13.9. The number of aromatic nitrogens is 1. The van der Waals surface area contributed by atoms with Gasteiger partial charge in [0, 0.05) is 6.20 Å². The molecule has 2 heterocycles. The molecule has 1 aromatic rings. The summed E-state index contributed by atoms with van der Waals surface area (Å²) in [6.07, 6.45) is 1.07. The van der Waals surface area contributed by atoms with Gasteiger partial charge in [0.25, 0.3) is 0 Å².